The Bertz CT molecular complexity index is 1160. The highest BCUT2D eigenvalue weighted by Crippen LogP contribution is 2.24. The molecule has 0 saturated heterocycles. The van der Waals surface area contributed by atoms with Gasteiger partial charge in [0.1, 0.15) is 5.69 Å². The van der Waals surface area contributed by atoms with E-state index in [1.807, 2.05) is 68.5 Å². The maximum atomic E-state index is 13.1. The highest BCUT2D eigenvalue weighted by molar-refractivity contribution is 5.94. The molecule has 0 radical (unpaired) electrons. The highest BCUT2D eigenvalue weighted by atomic mass is 16.3. The summed E-state index contributed by atoms with van der Waals surface area (Å²) in [5.41, 5.74) is 9.11. The van der Waals surface area contributed by atoms with Crippen LogP contribution in [0.4, 0.5) is 0 Å². The third kappa shape index (κ3) is 7.20. The van der Waals surface area contributed by atoms with E-state index in [0.29, 0.717) is 17.5 Å². The number of aliphatic hydroxyl groups is 1. The summed E-state index contributed by atoms with van der Waals surface area (Å²) in [7, 11) is 0. The number of fused-ring (bicyclic) bond motifs is 1. The van der Waals surface area contributed by atoms with Crippen molar-refractivity contribution in [3.63, 3.8) is 0 Å². The van der Waals surface area contributed by atoms with Crippen LogP contribution >= 0.6 is 0 Å². The molecule has 0 aliphatic heterocycles. The smallest absolute Gasteiger partial charge is 0.271 e. The van der Waals surface area contributed by atoms with Crippen LogP contribution in [0.3, 0.4) is 0 Å². The first-order valence-electron chi connectivity index (χ1n) is 12.2. The normalized spacial score (nSPS) is 14.3. The molecule has 4 N–H and O–H groups in total. The fraction of sp³-hybridized carbons (Fsp3) is 0.357. The standard InChI is InChI=1S/C28H34N4O3/c1-3-10-20(11-4-2)21(27(29)34)17-26(33)24(16-19-12-6-5-7-13-19)32-28(35)25-18-30-22-14-8-9-15-23(22)31-25/h5-10,12-15,18,21,24,26,33H,3-4,11,16-17H2,1-2H3,(H2,29,34)(H,32,35)/t21-,24-,26-/m0/s1. The summed E-state index contributed by atoms with van der Waals surface area (Å²) < 4.78 is 0. The molecule has 0 fully saturated rings. The number of allylic oxidation sites excluding steroid dienone is 1. The average molecular weight is 475 g/mol. The molecule has 2 aromatic carbocycles. The monoisotopic (exact) mass is 474 g/mol. The number of para-hydroxylation sites is 2. The molecule has 1 heterocycles. The van der Waals surface area contributed by atoms with Gasteiger partial charge in [-0.25, -0.2) is 4.98 Å². The van der Waals surface area contributed by atoms with Crippen LogP contribution in [-0.4, -0.2) is 39.0 Å². The molecule has 0 aliphatic carbocycles. The van der Waals surface area contributed by atoms with Crippen LogP contribution in [0.5, 0.6) is 0 Å². The number of carbonyl (C=O) groups is 2. The summed E-state index contributed by atoms with van der Waals surface area (Å²) >= 11 is 0. The Morgan fingerprint density at radius 1 is 1.06 bits per heavy atom. The zero-order valence-corrected chi connectivity index (χ0v) is 20.4. The molecule has 3 rings (SSSR count). The van der Waals surface area contributed by atoms with Gasteiger partial charge in [-0.1, -0.05) is 74.4 Å². The van der Waals surface area contributed by atoms with Gasteiger partial charge < -0.3 is 16.2 Å². The first-order valence-corrected chi connectivity index (χ1v) is 12.2. The number of primary amides is 1. The van der Waals surface area contributed by atoms with Gasteiger partial charge in [0.05, 0.1) is 35.3 Å². The van der Waals surface area contributed by atoms with Crippen molar-refractivity contribution < 1.29 is 14.7 Å². The number of nitrogens with zero attached hydrogens (tertiary/aromatic N) is 2. The van der Waals surface area contributed by atoms with Crippen molar-refractivity contribution in [1.82, 2.24) is 15.3 Å². The molecule has 0 bridgehead atoms. The van der Waals surface area contributed by atoms with Gasteiger partial charge in [0.15, 0.2) is 0 Å². The number of aromatic nitrogens is 2. The lowest BCUT2D eigenvalue weighted by Gasteiger charge is -2.28. The molecule has 35 heavy (non-hydrogen) atoms. The molecule has 7 nitrogen and oxygen atoms in total. The van der Waals surface area contributed by atoms with Crippen LogP contribution in [0, 0.1) is 5.92 Å². The summed E-state index contributed by atoms with van der Waals surface area (Å²) in [5.74, 6) is -1.50. The van der Waals surface area contributed by atoms with E-state index < -0.39 is 29.9 Å². The van der Waals surface area contributed by atoms with Gasteiger partial charge in [-0.15, -0.1) is 0 Å². The number of carbonyl (C=O) groups excluding carboxylic acids is 2. The molecule has 184 valence electrons. The first kappa shape index (κ1) is 26.0. The number of hydrogen-bond donors (Lipinski definition) is 3. The molecular weight excluding hydrogens is 440 g/mol. The Balaban J connectivity index is 1.85. The van der Waals surface area contributed by atoms with Crippen molar-refractivity contribution in [3.05, 3.63) is 83.7 Å². The van der Waals surface area contributed by atoms with Crippen LogP contribution in [0.15, 0.2) is 72.4 Å². The predicted octanol–water partition coefficient (Wildman–Crippen LogP) is 3.96. The van der Waals surface area contributed by atoms with Gasteiger partial charge in [-0.3, -0.25) is 14.6 Å². The maximum absolute atomic E-state index is 13.1. The quantitative estimate of drug-likeness (QED) is 0.343. The summed E-state index contributed by atoms with van der Waals surface area (Å²) in [5, 5.41) is 14.2. The number of hydrogen-bond acceptors (Lipinski definition) is 5. The Hall–Kier alpha value is -3.58. The molecule has 3 atom stereocenters. The molecule has 2 amide bonds. The molecule has 0 spiro atoms. The second kappa shape index (κ2) is 12.8. The van der Waals surface area contributed by atoms with E-state index in [1.54, 1.807) is 6.07 Å². The van der Waals surface area contributed by atoms with Crippen molar-refractivity contribution in [2.45, 2.75) is 58.1 Å². The highest BCUT2D eigenvalue weighted by Gasteiger charge is 2.29. The second-order valence-electron chi connectivity index (χ2n) is 8.71. The van der Waals surface area contributed by atoms with Crippen LogP contribution in [0.2, 0.25) is 0 Å². The minimum absolute atomic E-state index is 0.127. The van der Waals surface area contributed by atoms with Crippen LogP contribution in [0.1, 0.15) is 55.6 Å². The van der Waals surface area contributed by atoms with E-state index in [2.05, 4.69) is 15.3 Å². The Morgan fingerprint density at radius 2 is 1.74 bits per heavy atom. The van der Waals surface area contributed by atoms with Gasteiger partial charge >= 0.3 is 0 Å². The van der Waals surface area contributed by atoms with Gasteiger partial charge in [0, 0.05) is 0 Å². The molecule has 7 heteroatoms. The molecule has 0 saturated carbocycles. The van der Waals surface area contributed by atoms with Gasteiger partial charge in [0.2, 0.25) is 5.91 Å². The minimum Gasteiger partial charge on any atom is -0.391 e. The van der Waals surface area contributed by atoms with Gasteiger partial charge in [-0.2, -0.15) is 0 Å². The van der Waals surface area contributed by atoms with Crippen LogP contribution in [-0.2, 0) is 11.2 Å². The lowest BCUT2D eigenvalue weighted by atomic mass is 9.85. The number of benzene rings is 2. The van der Waals surface area contributed by atoms with Crippen molar-refractivity contribution >= 4 is 22.8 Å². The second-order valence-corrected chi connectivity index (χ2v) is 8.71. The van der Waals surface area contributed by atoms with Crippen molar-refractivity contribution in [2.24, 2.45) is 11.7 Å². The zero-order chi connectivity index (χ0) is 25.2. The lowest BCUT2D eigenvalue weighted by Crippen LogP contribution is -2.46. The Kier molecular flexibility index (Phi) is 9.49. The number of aliphatic hydroxyl groups excluding tert-OH is 1. The van der Waals surface area contributed by atoms with E-state index in [1.165, 1.54) is 6.20 Å². The van der Waals surface area contributed by atoms with Crippen LogP contribution in [0.25, 0.3) is 11.0 Å². The van der Waals surface area contributed by atoms with E-state index in [9.17, 15) is 14.7 Å². The third-order valence-electron chi connectivity index (χ3n) is 6.03. The van der Waals surface area contributed by atoms with Gasteiger partial charge in [-0.05, 0) is 43.4 Å². The zero-order valence-electron chi connectivity index (χ0n) is 20.4. The van der Waals surface area contributed by atoms with Crippen molar-refractivity contribution in [1.29, 1.82) is 0 Å². The third-order valence-corrected chi connectivity index (χ3v) is 6.03. The fourth-order valence-corrected chi connectivity index (χ4v) is 4.29. The Morgan fingerprint density at radius 3 is 2.40 bits per heavy atom. The molecular formula is C28H34N4O3. The number of amides is 2. The van der Waals surface area contributed by atoms with Gasteiger partial charge in [0.25, 0.3) is 5.91 Å². The molecule has 1 aromatic heterocycles. The molecule has 0 aliphatic rings. The summed E-state index contributed by atoms with van der Waals surface area (Å²) in [4.78, 5) is 34.2. The number of nitrogens with one attached hydrogen (secondary N) is 1. The summed E-state index contributed by atoms with van der Waals surface area (Å²) in [6, 6.07) is 16.3. The first-order chi connectivity index (χ1) is 16.9. The van der Waals surface area contributed by atoms with Crippen LogP contribution < -0.4 is 11.1 Å². The van der Waals surface area contributed by atoms with Crippen molar-refractivity contribution in [3.8, 4) is 0 Å². The number of nitrogens with two attached hydrogens (primary N) is 1. The average Bonchev–Trinajstić information content (AvgIpc) is 2.86. The Labute approximate surface area is 206 Å². The fourth-order valence-electron chi connectivity index (χ4n) is 4.29. The minimum atomic E-state index is -0.998. The number of rotatable bonds is 12. The summed E-state index contributed by atoms with van der Waals surface area (Å²) in [6.07, 6.45) is 5.35. The topological polar surface area (TPSA) is 118 Å². The maximum Gasteiger partial charge on any atom is 0.271 e. The van der Waals surface area contributed by atoms with E-state index >= 15 is 0 Å². The van der Waals surface area contributed by atoms with E-state index in [0.717, 1.165) is 30.4 Å². The molecule has 3 aromatic rings. The lowest BCUT2D eigenvalue weighted by molar-refractivity contribution is -0.121. The predicted molar refractivity (Wildman–Crippen MR) is 138 cm³/mol. The SMILES string of the molecule is CCC=C(CCC)[C@H](C[C@H](O)[C@H](Cc1ccccc1)NC(=O)c1cnc2ccccc2n1)C(N)=O. The largest absolute Gasteiger partial charge is 0.391 e. The molecule has 0 unspecified atom stereocenters. The summed E-state index contributed by atoms with van der Waals surface area (Å²) in [6.45, 7) is 4.05. The van der Waals surface area contributed by atoms with E-state index in [-0.39, 0.29) is 12.1 Å². The van der Waals surface area contributed by atoms with E-state index in [4.69, 9.17) is 5.73 Å². The van der Waals surface area contributed by atoms with Crippen molar-refractivity contribution in [2.75, 3.05) is 0 Å².